The molecule has 5 nitrogen and oxygen atoms in total. The van der Waals surface area contributed by atoms with Crippen molar-refractivity contribution in [3.63, 3.8) is 0 Å². The molecule has 2 atom stereocenters. The normalized spacial score (nSPS) is 16.9. The lowest BCUT2D eigenvalue weighted by Crippen LogP contribution is -2.24. The van der Waals surface area contributed by atoms with Crippen LogP contribution in [0.25, 0.3) is 0 Å². The van der Waals surface area contributed by atoms with Crippen LogP contribution in [0.1, 0.15) is 60.9 Å². The number of hydrogen-bond acceptors (Lipinski definition) is 3. The van der Waals surface area contributed by atoms with E-state index in [1.54, 1.807) is 12.1 Å². The van der Waals surface area contributed by atoms with Crippen LogP contribution in [0.4, 0.5) is 10.5 Å². The van der Waals surface area contributed by atoms with Gasteiger partial charge in [-0.3, -0.25) is 0 Å². The van der Waals surface area contributed by atoms with Crippen molar-refractivity contribution in [3.8, 4) is 0 Å². The summed E-state index contributed by atoms with van der Waals surface area (Å²) >= 11 is 0. The first-order valence-corrected chi connectivity index (χ1v) is 12.2. The number of carbonyl (C=O) groups excluding carboxylic acids is 1. The standard InChI is InChI=1S/C24H31N3O2S/c1-3-16(2)25-15-17-10-12-20(13-11-17)30(29)27-24(28)26-23-21-8-4-6-18(21)14-19-7-5-9-22(19)23/h10-14,16,25,30H,3-9,15H2,1-2H3,(H,26,28). The van der Waals surface area contributed by atoms with Crippen LogP contribution in [-0.2, 0) is 42.8 Å². The molecule has 0 radical (unpaired) electrons. The Hall–Kier alpha value is -2.18. The summed E-state index contributed by atoms with van der Waals surface area (Å²) in [5.41, 5.74) is 7.30. The van der Waals surface area contributed by atoms with E-state index in [4.69, 9.17) is 0 Å². The van der Waals surface area contributed by atoms with Gasteiger partial charge in [0.05, 0.1) is 10.6 Å². The summed E-state index contributed by atoms with van der Waals surface area (Å²) in [6.07, 6.45) is 7.48. The number of rotatable bonds is 6. The largest absolute Gasteiger partial charge is 0.353 e. The maximum Gasteiger partial charge on any atom is 0.353 e. The van der Waals surface area contributed by atoms with Crippen molar-refractivity contribution < 1.29 is 9.00 Å². The molecular formula is C24H31N3O2S. The lowest BCUT2D eigenvalue weighted by molar-refractivity contribution is 0.260. The van der Waals surface area contributed by atoms with Crippen LogP contribution < -0.4 is 10.6 Å². The van der Waals surface area contributed by atoms with E-state index in [0.717, 1.165) is 62.7 Å². The summed E-state index contributed by atoms with van der Waals surface area (Å²) in [5.74, 6) is 0. The van der Waals surface area contributed by atoms with Gasteiger partial charge in [0.25, 0.3) is 0 Å². The molecule has 2 aromatic rings. The van der Waals surface area contributed by atoms with E-state index in [1.165, 1.54) is 22.3 Å². The Bertz CT molecular complexity index is 991. The first kappa shape index (κ1) is 21.1. The molecule has 2 N–H and O–H groups in total. The van der Waals surface area contributed by atoms with Crippen molar-refractivity contribution >= 4 is 22.3 Å². The van der Waals surface area contributed by atoms with Crippen molar-refractivity contribution in [2.75, 3.05) is 5.32 Å². The molecule has 2 aliphatic rings. The number of hydrogen-bond donors (Lipinski definition) is 3. The molecule has 6 heteroatoms. The molecule has 2 aromatic carbocycles. The summed E-state index contributed by atoms with van der Waals surface area (Å²) in [4.78, 5) is 13.2. The second kappa shape index (κ2) is 9.31. The molecule has 4 rings (SSSR count). The molecule has 0 aromatic heterocycles. The van der Waals surface area contributed by atoms with Crippen molar-refractivity contribution in [2.24, 2.45) is 4.36 Å². The fourth-order valence-electron chi connectivity index (χ4n) is 4.42. The summed E-state index contributed by atoms with van der Waals surface area (Å²) in [5, 5.41) is 6.43. The number of anilines is 1. The van der Waals surface area contributed by atoms with Crippen LogP contribution >= 0.6 is 0 Å². The predicted molar refractivity (Wildman–Crippen MR) is 123 cm³/mol. The Morgan fingerprint density at radius 2 is 1.70 bits per heavy atom. The highest BCUT2D eigenvalue weighted by molar-refractivity contribution is 7.75. The number of urea groups is 1. The summed E-state index contributed by atoms with van der Waals surface area (Å²) in [6, 6.07) is 9.79. The van der Waals surface area contributed by atoms with Gasteiger partial charge >= 0.3 is 6.03 Å². The molecule has 0 spiro atoms. The van der Waals surface area contributed by atoms with Gasteiger partial charge in [0, 0.05) is 23.2 Å². The zero-order chi connectivity index (χ0) is 21.1. The molecule has 2 unspecified atom stereocenters. The number of thiol groups is 1. The van der Waals surface area contributed by atoms with Crippen molar-refractivity contribution in [2.45, 2.75) is 76.3 Å². The smallest absolute Gasteiger partial charge is 0.310 e. The Morgan fingerprint density at radius 3 is 2.30 bits per heavy atom. The number of carbonyl (C=O) groups is 1. The van der Waals surface area contributed by atoms with Gasteiger partial charge in [-0.25, -0.2) is 9.00 Å². The van der Waals surface area contributed by atoms with Crippen LogP contribution in [0.5, 0.6) is 0 Å². The fraction of sp³-hybridized carbons (Fsp3) is 0.458. The zero-order valence-corrected chi connectivity index (χ0v) is 18.7. The third-order valence-electron chi connectivity index (χ3n) is 6.31. The van der Waals surface area contributed by atoms with Crippen LogP contribution in [0.3, 0.4) is 0 Å². The van der Waals surface area contributed by atoms with Crippen LogP contribution in [0.15, 0.2) is 39.6 Å². The Morgan fingerprint density at radius 1 is 1.07 bits per heavy atom. The maximum atomic E-state index is 12.6. The van der Waals surface area contributed by atoms with Gasteiger partial charge in [0.15, 0.2) is 0 Å². The van der Waals surface area contributed by atoms with Crippen LogP contribution in [0, 0.1) is 0 Å². The molecule has 2 aliphatic carbocycles. The van der Waals surface area contributed by atoms with Crippen LogP contribution in [-0.4, -0.2) is 16.3 Å². The quantitative estimate of drug-likeness (QED) is 0.582. The molecule has 0 fully saturated rings. The Kier molecular flexibility index (Phi) is 6.54. The van der Waals surface area contributed by atoms with E-state index in [-0.39, 0.29) is 0 Å². The minimum absolute atomic E-state index is 0.459. The number of nitrogens with zero attached hydrogens (tertiary/aromatic N) is 1. The molecule has 0 bridgehead atoms. The van der Waals surface area contributed by atoms with E-state index in [9.17, 15) is 9.00 Å². The number of benzene rings is 2. The second-order valence-electron chi connectivity index (χ2n) is 8.39. The zero-order valence-electron chi connectivity index (χ0n) is 17.8. The van der Waals surface area contributed by atoms with Crippen molar-refractivity contribution in [1.29, 1.82) is 0 Å². The lowest BCUT2D eigenvalue weighted by atomic mass is 9.99. The first-order chi connectivity index (χ1) is 14.5. The minimum Gasteiger partial charge on any atom is -0.310 e. The van der Waals surface area contributed by atoms with Crippen molar-refractivity contribution in [3.05, 3.63) is 58.1 Å². The first-order valence-electron chi connectivity index (χ1n) is 11.0. The van der Waals surface area contributed by atoms with Gasteiger partial charge < -0.3 is 10.6 Å². The van der Waals surface area contributed by atoms with Gasteiger partial charge in [0.1, 0.15) is 0 Å². The highest BCUT2D eigenvalue weighted by atomic mass is 32.2. The summed E-state index contributed by atoms with van der Waals surface area (Å²) in [7, 11) is -2.12. The Labute approximate surface area is 180 Å². The van der Waals surface area contributed by atoms with Gasteiger partial charge in [-0.05, 0) is 91.8 Å². The topological polar surface area (TPSA) is 70.6 Å². The minimum atomic E-state index is -2.12. The van der Waals surface area contributed by atoms with Gasteiger partial charge in [-0.2, -0.15) is 0 Å². The SMILES string of the molecule is CCC(C)NCc1ccc(/[SH](=O)=N\C(=O)Nc2c3c(cc4c2CCC4)CCC3)cc1. The molecule has 0 saturated heterocycles. The second-order valence-corrected chi connectivity index (χ2v) is 9.66. The molecule has 30 heavy (non-hydrogen) atoms. The maximum absolute atomic E-state index is 12.6. The highest BCUT2D eigenvalue weighted by Crippen LogP contribution is 2.38. The monoisotopic (exact) mass is 425 g/mol. The number of nitrogens with one attached hydrogen (secondary N) is 2. The number of amides is 2. The van der Waals surface area contributed by atoms with Gasteiger partial charge in [-0.1, -0.05) is 25.1 Å². The molecule has 2 amide bonds. The average Bonchev–Trinajstić information content (AvgIpc) is 3.41. The van der Waals surface area contributed by atoms with Crippen molar-refractivity contribution in [1.82, 2.24) is 5.32 Å². The lowest BCUT2D eigenvalue weighted by Gasteiger charge is -2.14. The predicted octanol–water partition coefficient (Wildman–Crippen LogP) is 4.81. The third kappa shape index (κ3) is 4.60. The van der Waals surface area contributed by atoms with E-state index in [0.29, 0.717) is 10.9 Å². The number of aryl methyl sites for hydroxylation is 2. The molecule has 0 saturated carbocycles. The summed E-state index contributed by atoms with van der Waals surface area (Å²) < 4.78 is 16.6. The molecule has 0 aliphatic heterocycles. The fourth-order valence-corrected chi connectivity index (χ4v) is 5.15. The average molecular weight is 426 g/mol. The van der Waals surface area contributed by atoms with Gasteiger partial charge in [-0.15, -0.1) is 4.36 Å². The molecule has 0 heterocycles. The number of fused-ring (bicyclic) bond motifs is 2. The third-order valence-corrected chi connectivity index (χ3v) is 7.41. The molecular weight excluding hydrogens is 394 g/mol. The molecule has 160 valence electrons. The van der Waals surface area contributed by atoms with E-state index >= 15 is 0 Å². The summed E-state index contributed by atoms with van der Waals surface area (Å²) in [6.45, 7) is 5.07. The Balaban J connectivity index is 1.47. The van der Waals surface area contributed by atoms with Crippen LogP contribution in [0.2, 0.25) is 0 Å². The van der Waals surface area contributed by atoms with E-state index in [2.05, 4.69) is 34.9 Å². The van der Waals surface area contributed by atoms with E-state index < -0.39 is 16.6 Å². The van der Waals surface area contributed by atoms with Gasteiger partial charge in [0.2, 0.25) is 0 Å². The van der Waals surface area contributed by atoms with E-state index in [1.807, 2.05) is 12.1 Å². The highest BCUT2D eigenvalue weighted by Gasteiger charge is 2.24.